The Morgan fingerprint density at radius 1 is 1.18 bits per heavy atom. The smallest absolute Gasteiger partial charge is 0.274 e. The Bertz CT molecular complexity index is 1260. The number of imidazole rings is 1. The SMILES string of the molecule is COc1ccc2c(c1)nc1nc(C(=O)Nc3ccnc(OC)c3C#N)ccn12. The van der Waals surface area contributed by atoms with Gasteiger partial charge >= 0.3 is 0 Å². The van der Waals surface area contributed by atoms with Gasteiger partial charge in [-0.05, 0) is 24.3 Å². The van der Waals surface area contributed by atoms with Crippen LogP contribution in [-0.4, -0.2) is 39.5 Å². The summed E-state index contributed by atoms with van der Waals surface area (Å²) in [6, 6.07) is 10.6. The van der Waals surface area contributed by atoms with Crippen LogP contribution in [0.3, 0.4) is 0 Å². The number of anilines is 1. The third-order valence-electron chi connectivity index (χ3n) is 4.18. The molecule has 3 heterocycles. The minimum absolute atomic E-state index is 0.136. The van der Waals surface area contributed by atoms with Gasteiger partial charge in [-0.15, -0.1) is 0 Å². The number of hydrogen-bond acceptors (Lipinski definition) is 7. The van der Waals surface area contributed by atoms with Gasteiger partial charge in [-0.3, -0.25) is 9.20 Å². The largest absolute Gasteiger partial charge is 0.497 e. The van der Waals surface area contributed by atoms with E-state index in [1.807, 2.05) is 18.2 Å². The molecule has 0 aliphatic carbocycles. The highest BCUT2D eigenvalue weighted by molar-refractivity contribution is 6.04. The first-order valence-electron chi connectivity index (χ1n) is 8.22. The van der Waals surface area contributed by atoms with Crippen LogP contribution in [0.5, 0.6) is 11.6 Å². The number of ether oxygens (including phenoxy) is 2. The summed E-state index contributed by atoms with van der Waals surface area (Å²) in [5.74, 6) is 0.724. The van der Waals surface area contributed by atoms with Gasteiger partial charge in [-0.25, -0.2) is 15.0 Å². The number of fused-ring (bicyclic) bond motifs is 3. The van der Waals surface area contributed by atoms with Crippen molar-refractivity contribution in [3.05, 3.63) is 54.0 Å². The van der Waals surface area contributed by atoms with E-state index < -0.39 is 5.91 Å². The highest BCUT2D eigenvalue weighted by atomic mass is 16.5. The van der Waals surface area contributed by atoms with Crippen LogP contribution in [0.1, 0.15) is 16.1 Å². The van der Waals surface area contributed by atoms with E-state index in [9.17, 15) is 10.1 Å². The Balaban J connectivity index is 1.70. The second kappa shape index (κ2) is 6.85. The molecule has 0 aliphatic rings. The van der Waals surface area contributed by atoms with E-state index in [-0.39, 0.29) is 17.1 Å². The summed E-state index contributed by atoms with van der Waals surface area (Å²) in [4.78, 5) is 25.4. The number of rotatable bonds is 4. The summed E-state index contributed by atoms with van der Waals surface area (Å²) in [5, 5.41) is 12.0. The lowest BCUT2D eigenvalue weighted by Gasteiger charge is -2.08. The highest BCUT2D eigenvalue weighted by Gasteiger charge is 2.16. The van der Waals surface area contributed by atoms with E-state index in [1.165, 1.54) is 19.4 Å². The summed E-state index contributed by atoms with van der Waals surface area (Å²) >= 11 is 0. The van der Waals surface area contributed by atoms with Crippen LogP contribution < -0.4 is 14.8 Å². The third kappa shape index (κ3) is 2.83. The first-order valence-corrected chi connectivity index (χ1v) is 8.22. The molecule has 138 valence electrons. The minimum atomic E-state index is -0.475. The number of carbonyl (C=O) groups is 1. The summed E-state index contributed by atoms with van der Waals surface area (Å²) in [7, 11) is 2.99. The normalized spacial score (nSPS) is 10.6. The molecule has 0 saturated heterocycles. The molecule has 1 amide bonds. The molecule has 0 aliphatic heterocycles. The van der Waals surface area contributed by atoms with Crippen molar-refractivity contribution in [3.63, 3.8) is 0 Å². The molecule has 9 heteroatoms. The lowest BCUT2D eigenvalue weighted by atomic mass is 10.2. The first kappa shape index (κ1) is 17.2. The molecule has 0 saturated carbocycles. The molecule has 4 aromatic rings. The topological polar surface area (TPSA) is 114 Å². The van der Waals surface area contributed by atoms with E-state index in [1.54, 1.807) is 29.8 Å². The van der Waals surface area contributed by atoms with Crippen LogP contribution in [0.15, 0.2) is 42.7 Å². The number of carbonyl (C=O) groups excluding carboxylic acids is 1. The van der Waals surface area contributed by atoms with Crippen molar-refractivity contribution in [2.45, 2.75) is 0 Å². The quantitative estimate of drug-likeness (QED) is 0.583. The van der Waals surface area contributed by atoms with Crippen molar-refractivity contribution in [1.29, 1.82) is 5.26 Å². The molecule has 28 heavy (non-hydrogen) atoms. The molecule has 3 aromatic heterocycles. The average molecular weight is 374 g/mol. The van der Waals surface area contributed by atoms with E-state index >= 15 is 0 Å². The maximum atomic E-state index is 12.6. The van der Waals surface area contributed by atoms with Crippen molar-refractivity contribution in [2.24, 2.45) is 0 Å². The Hall–Kier alpha value is -4.19. The van der Waals surface area contributed by atoms with Crippen molar-refractivity contribution < 1.29 is 14.3 Å². The number of nitrogens with one attached hydrogen (secondary N) is 1. The Kier molecular flexibility index (Phi) is 4.21. The number of aromatic nitrogens is 4. The van der Waals surface area contributed by atoms with Gasteiger partial charge in [0.2, 0.25) is 11.7 Å². The zero-order valence-electron chi connectivity index (χ0n) is 15.0. The van der Waals surface area contributed by atoms with E-state index in [2.05, 4.69) is 20.3 Å². The molecule has 0 spiro atoms. The van der Waals surface area contributed by atoms with Gasteiger partial charge in [0, 0.05) is 18.5 Å². The van der Waals surface area contributed by atoms with Crippen molar-refractivity contribution in [2.75, 3.05) is 19.5 Å². The summed E-state index contributed by atoms with van der Waals surface area (Å²) in [6.45, 7) is 0. The van der Waals surface area contributed by atoms with Gasteiger partial charge in [0.1, 0.15) is 23.1 Å². The van der Waals surface area contributed by atoms with E-state index in [0.717, 1.165) is 5.52 Å². The number of benzene rings is 1. The zero-order chi connectivity index (χ0) is 19.7. The maximum Gasteiger partial charge on any atom is 0.274 e. The molecule has 4 rings (SSSR count). The molecule has 9 nitrogen and oxygen atoms in total. The van der Waals surface area contributed by atoms with Crippen LogP contribution in [-0.2, 0) is 0 Å². The fraction of sp³-hybridized carbons (Fsp3) is 0.105. The summed E-state index contributed by atoms with van der Waals surface area (Å²) in [5.41, 5.74) is 2.14. The predicted molar refractivity (Wildman–Crippen MR) is 101 cm³/mol. The number of nitrogens with zero attached hydrogens (tertiary/aromatic N) is 5. The molecule has 1 N–H and O–H groups in total. The lowest BCUT2D eigenvalue weighted by molar-refractivity contribution is 0.102. The predicted octanol–water partition coefficient (Wildman–Crippen LogP) is 2.42. The van der Waals surface area contributed by atoms with Gasteiger partial charge in [0.15, 0.2) is 0 Å². The molecule has 0 radical (unpaired) electrons. The number of nitriles is 1. The minimum Gasteiger partial charge on any atom is -0.497 e. The fourth-order valence-electron chi connectivity index (χ4n) is 2.83. The molecule has 1 aromatic carbocycles. The molecule has 0 unspecified atom stereocenters. The number of pyridine rings is 1. The maximum absolute atomic E-state index is 12.6. The van der Waals surface area contributed by atoms with Crippen molar-refractivity contribution >= 4 is 28.4 Å². The average Bonchev–Trinajstić information content (AvgIpc) is 3.10. The van der Waals surface area contributed by atoms with Gasteiger partial charge in [0.05, 0.1) is 30.9 Å². The van der Waals surface area contributed by atoms with E-state index in [4.69, 9.17) is 9.47 Å². The fourth-order valence-corrected chi connectivity index (χ4v) is 2.83. The Morgan fingerprint density at radius 3 is 2.79 bits per heavy atom. The van der Waals surface area contributed by atoms with Gasteiger partial charge in [0.25, 0.3) is 5.91 Å². The molecular weight excluding hydrogens is 360 g/mol. The molecule has 0 fully saturated rings. The zero-order valence-corrected chi connectivity index (χ0v) is 15.0. The highest BCUT2D eigenvalue weighted by Crippen LogP contribution is 2.24. The van der Waals surface area contributed by atoms with Gasteiger partial charge in [-0.2, -0.15) is 5.26 Å². The van der Waals surface area contributed by atoms with E-state index in [0.29, 0.717) is 22.7 Å². The van der Waals surface area contributed by atoms with Crippen LogP contribution in [0.4, 0.5) is 5.69 Å². The Labute approximate surface area is 159 Å². The van der Waals surface area contributed by atoms with Gasteiger partial charge < -0.3 is 14.8 Å². The van der Waals surface area contributed by atoms with Crippen LogP contribution in [0, 0.1) is 11.3 Å². The van der Waals surface area contributed by atoms with Gasteiger partial charge in [-0.1, -0.05) is 0 Å². The first-order chi connectivity index (χ1) is 13.6. The van der Waals surface area contributed by atoms with Crippen LogP contribution >= 0.6 is 0 Å². The second-order valence-electron chi connectivity index (χ2n) is 5.76. The lowest BCUT2D eigenvalue weighted by Crippen LogP contribution is -2.15. The summed E-state index contributed by atoms with van der Waals surface area (Å²) in [6.07, 6.45) is 3.16. The number of amides is 1. The molecule has 0 bridgehead atoms. The number of hydrogen-bond donors (Lipinski definition) is 1. The Morgan fingerprint density at radius 2 is 2.04 bits per heavy atom. The second-order valence-corrected chi connectivity index (χ2v) is 5.76. The molecule has 0 atom stereocenters. The third-order valence-corrected chi connectivity index (χ3v) is 4.18. The van der Waals surface area contributed by atoms with Crippen LogP contribution in [0.25, 0.3) is 16.8 Å². The van der Waals surface area contributed by atoms with Crippen molar-refractivity contribution in [1.82, 2.24) is 19.4 Å². The van der Waals surface area contributed by atoms with Crippen LogP contribution in [0.2, 0.25) is 0 Å². The molecular formula is C19H14N6O3. The van der Waals surface area contributed by atoms with Crippen molar-refractivity contribution in [3.8, 4) is 17.7 Å². The summed E-state index contributed by atoms with van der Waals surface area (Å²) < 4.78 is 12.0. The standard InChI is InChI=1S/C19H14N6O3/c1-27-11-3-4-16-15(9-11)24-19-23-14(6-8-25(16)19)17(26)22-13-5-7-21-18(28-2)12(13)10-20/h3-9H,1-2H3,(H,21,22,26). The number of methoxy groups -OCH3 is 2. The monoisotopic (exact) mass is 374 g/mol.